The summed E-state index contributed by atoms with van der Waals surface area (Å²) >= 11 is 1.98. The van der Waals surface area contributed by atoms with Crippen LogP contribution >= 0.6 is 22.6 Å². The topological polar surface area (TPSA) is 80.2 Å². The average Bonchev–Trinajstić information content (AvgIpc) is 2.58. The maximum Gasteiger partial charge on any atom is 0.302 e. The Bertz CT molecular complexity index is 563. The first-order chi connectivity index (χ1) is 8.35. The molecule has 0 radical (unpaired) electrons. The summed E-state index contributed by atoms with van der Waals surface area (Å²) in [5.74, 6) is -1.07. The third kappa shape index (κ3) is 3.34. The van der Waals surface area contributed by atoms with Crippen molar-refractivity contribution >= 4 is 44.5 Å². The van der Waals surface area contributed by atoms with E-state index in [9.17, 15) is 17.1 Å². The highest BCUT2D eigenvalue weighted by Crippen LogP contribution is 2.24. The molecule has 1 aromatic heterocycles. The predicted octanol–water partition coefficient (Wildman–Crippen LogP) is 0.733. The number of rotatable bonds is 3. The Labute approximate surface area is 117 Å². The van der Waals surface area contributed by atoms with Gasteiger partial charge in [-0.2, -0.15) is 8.42 Å². The number of halogens is 2. The molecule has 0 spiro atoms. The summed E-state index contributed by atoms with van der Waals surface area (Å²) in [5.41, 5.74) is 0. The fourth-order valence-corrected chi connectivity index (χ4v) is 2.91. The first-order valence-electron chi connectivity index (χ1n) is 5.05. The van der Waals surface area contributed by atoms with Crippen molar-refractivity contribution in [2.45, 2.75) is 6.42 Å². The van der Waals surface area contributed by atoms with Crippen molar-refractivity contribution < 1.29 is 17.1 Å². The SMILES string of the molecule is O=C1CC(CS(=O)(=O)F)CN1c1cnc(I)cn1. The van der Waals surface area contributed by atoms with Crippen molar-refractivity contribution in [3.05, 3.63) is 16.1 Å². The third-order valence-corrected chi connectivity index (χ3v) is 3.95. The van der Waals surface area contributed by atoms with Crippen LogP contribution in [0.25, 0.3) is 0 Å². The number of carbonyl (C=O) groups excluding carboxylic acids is 1. The van der Waals surface area contributed by atoms with Gasteiger partial charge < -0.3 is 0 Å². The molecule has 98 valence electrons. The zero-order valence-corrected chi connectivity index (χ0v) is 12.1. The fraction of sp³-hybridized carbons (Fsp3) is 0.444. The van der Waals surface area contributed by atoms with E-state index in [1.54, 1.807) is 0 Å². The molecule has 0 aliphatic carbocycles. The van der Waals surface area contributed by atoms with Crippen LogP contribution in [0.15, 0.2) is 12.4 Å². The molecule has 2 heterocycles. The van der Waals surface area contributed by atoms with Crippen molar-refractivity contribution in [1.29, 1.82) is 0 Å². The van der Waals surface area contributed by atoms with E-state index in [1.807, 2.05) is 22.6 Å². The average molecular weight is 385 g/mol. The number of aromatic nitrogens is 2. The maximum atomic E-state index is 12.6. The second kappa shape index (κ2) is 5.03. The van der Waals surface area contributed by atoms with Crippen LogP contribution in [0, 0.1) is 9.62 Å². The largest absolute Gasteiger partial charge is 0.302 e. The number of nitrogens with zero attached hydrogens (tertiary/aromatic N) is 3. The fourth-order valence-electron chi connectivity index (χ4n) is 1.84. The first-order valence-corrected chi connectivity index (χ1v) is 7.68. The van der Waals surface area contributed by atoms with E-state index in [2.05, 4.69) is 9.97 Å². The highest BCUT2D eigenvalue weighted by Gasteiger charge is 2.34. The molecule has 0 bridgehead atoms. The molecule has 1 unspecified atom stereocenters. The van der Waals surface area contributed by atoms with Gasteiger partial charge in [0.2, 0.25) is 5.91 Å². The van der Waals surface area contributed by atoms with E-state index in [-0.39, 0.29) is 18.9 Å². The van der Waals surface area contributed by atoms with Crippen molar-refractivity contribution in [2.75, 3.05) is 17.2 Å². The van der Waals surface area contributed by atoms with Gasteiger partial charge in [0.15, 0.2) is 5.82 Å². The third-order valence-electron chi connectivity index (χ3n) is 2.52. The maximum absolute atomic E-state index is 12.6. The van der Waals surface area contributed by atoms with Gasteiger partial charge in [0, 0.05) is 18.9 Å². The van der Waals surface area contributed by atoms with Crippen LogP contribution in [-0.2, 0) is 15.0 Å². The van der Waals surface area contributed by atoms with Crippen molar-refractivity contribution in [3.63, 3.8) is 0 Å². The molecule has 0 N–H and O–H groups in total. The van der Waals surface area contributed by atoms with Crippen LogP contribution in [0.5, 0.6) is 0 Å². The first kappa shape index (κ1) is 13.6. The normalized spacial score (nSPS) is 20.4. The Kier molecular flexibility index (Phi) is 3.80. The second-order valence-corrected chi connectivity index (χ2v) is 6.49. The van der Waals surface area contributed by atoms with E-state index < -0.39 is 21.9 Å². The van der Waals surface area contributed by atoms with Gasteiger partial charge in [-0.05, 0) is 22.6 Å². The Morgan fingerprint density at radius 3 is 2.72 bits per heavy atom. The lowest BCUT2D eigenvalue weighted by Gasteiger charge is -2.14. The summed E-state index contributed by atoms with van der Waals surface area (Å²) in [6.07, 6.45) is 2.95. The Hall–Kier alpha value is -0.840. The molecule has 0 saturated carbocycles. The molecule has 1 saturated heterocycles. The van der Waals surface area contributed by atoms with E-state index in [0.717, 1.165) is 0 Å². The zero-order chi connectivity index (χ0) is 13.3. The van der Waals surface area contributed by atoms with E-state index in [4.69, 9.17) is 0 Å². The molecular weight excluding hydrogens is 376 g/mol. The Balaban J connectivity index is 2.12. The standard InChI is InChI=1S/C9H9FIN3O3S/c10-18(16,17)5-6-1-9(15)14(4-6)8-3-12-7(11)2-13-8/h2-3,6H,1,4-5H2. The lowest BCUT2D eigenvalue weighted by molar-refractivity contribution is -0.117. The molecule has 1 aromatic rings. The molecule has 1 aliphatic rings. The lowest BCUT2D eigenvalue weighted by atomic mass is 10.1. The van der Waals surface area contributed by atoms with E-state index in [0.29, 0.717) is 9.52 Å². The van der Waals surface area contributed by atoms with Gasteiger partial charge in [-0.1, -0.05) is 0 Å². The van der Waals surface area contributed by atoms with Crippen LogP contribution in [0.2, 0.25) is 0 Å². The van der Waals surface area contributed by atoms with Crippen LogP contribution in [0.4, 0.5) is 9.70 Å². The second-order valence-electron chi connectivity index (χ2n) is 3.98. The highest BCUT2D eigenvalue weighted by atomic mass is 127. The molecule has 1 fully saturated rings. The van der Waals surface area contributed by atoms with Crippen molar-refractivity contribution in [3.8, 4) is 0 Å². The van der Waals surface area contributed by atoms with Crippen LogP contribution in [0.3, 0.4) is 0 Å². The number of hydrogen-bond acceptors (Lipinski definition) is 5. The van der Waals surface area contributed by atoms with Crippen molar-refractivity contribution in [2.24, 2.45) is 5.92 Å². The summed E-state index contributed by atoms with van der Waals surface area (Å²) in [5, 5.41) is 0. The van der Waals surface area contributed by atoms with Gasteiger partial charge in [-0.25, -0.2) is 9.97 Å². The molecule has 1 atom stereocenters. The number of carbonyl (C=O) groups is 1. The van der Waals surface area contributed by atoms with Gasteiger partial charge in [-0.3, -0.25) is 9.69 Å². The Morgan fingerprint density at radius 2 is 2.17 bits per heavy atom. The molecule has 0 aromatic carbocycles. The van der Waals surface area contributed by atoms with Gasteiger partial charge in [-0.15, -0.1) is 3.89 Å². The molecule has 1 aliphatic heterocycles. The smallest absolute Gasteiger partial charge is 0.295 e. The zero-order valence-electron chi connectivity index (χ0n) is 9.08. The molecule has 6 nitrogen and oxygen atoms in total. The minimum absolute atomic E-state index is 0.0107. The molecular formula is C9H9FIN3O3S. The number of hydrogen-bond donors (Lipinski definition) is 0. The summed E-state index contributed by atoms with van der Waals surface area (Å²) in [6, 6.07) is 0. The number of amides is 1. The van der Waals surface area contributed by atoms with Gasteiger partial charge in [0.05, 0.1) is 18.1 Å². The van der Waals surface area contributed by atoms with Gasteiger partial charge in [0.25, 0.3) is 0 Å². The lowest BCUT2D eigenvalue weighted by Crippen LogP contribution is -2.26. The minimum atomic E-state index is -4.56. The summed E-state index contributed by atoms with van der Waals surface area (Å²) < 4.78 is 34.4. The van der Waals surface area contributed by atoms with Gasteiger partial charge >= 0.3 is 10.2 Å². The van der Waals surface area contributed by atoms with Crippen LogP contribution in [-0.4, -0.2) is 36.6 Å². The van der Waals surface area contributed by atoms with Crippen molar-refractivity contribution in [1.82, 2.24) is 9.97 Å². The predicted molar refractivity (Wildman–Crippen MR) is 70.1 cm³/mol. The number of anilines is 1. The summed E-state index contributed by atoms with van der Waals surface area (Å²) in [7, 11) is -4.56. The highest BCUT2D eigenvalue weighted by molar-refractivity contribution is 14.1. The summed E-state index contributed by atoms with van der Waals surface area (Å²) in [4.78, 5) is 21.1. The molecule has 18 heavy (non-hydrogen) atoms. The van der Waals surface area contributed by atoms with Crippen LogP contribution < -0.4 is 4.90 Å². The monoisotopic (exact) mass is 385 g/mol. The van der Waals surface area contributed by atoms with E-state index in [1.165, 1.54) is 17.3 Å². The van der Waals surface area contributed by atoms with Gasteiger partial charge in [0.1, 0.15) is 3.70 Å². The quantitative estimate of drug-likeness (QED) is 0.566. The molecule has 9 heteroatoms. The Morgan fingerprint density at radius 1 is 1.44 bits per heavy atom. The van der Waals surface area contributed by atoms with Crippen LogP contribution in [0.1, 0.15) is 6.42 Å². The molecule has 1 amide bonds. The minimum Gasteiger partial charge on any atom is -0.295 e. The van der Waals surface area contributed by atoms with E-state index >= 15 is 0 Å². The molecule has 2 rings (SSSR count). The summed E-state index contributed by atoms with van der Waals surface area (Å²) in [6.45, 7) is 0.150.